The van der Waals surface area contributed by atoms with Crippen molar-refractivity contribution >= 4 is 11.6 Å². The number of allylic oxidation sites excluding steroid dienone is 4. The van der Waals surface area contributed by atoms with Crippen LogP contribution in [0.2, 0.25) is 0 Å². The van der Waals surface area contributed by atoms with E-state index in [4.69, 9.17) is 17.3 Å². The van der Waals surface area contributed by atoms with Crippen molar-refractivity contribution in [1.29, 1.82) is 0 Å². The number of hydrogen-bond donors (Lipinski definition) is 1. The number of hydrogen-bond acceptors (Lipinski definition) is 1. The first-order valence-corrected chi connectivity index (χ1v) is 3.82. The van der Waals surface area contributed by atoms with Crippen molar-refractivity contribution in [2.45, 2.75) is 25.6 Å². The molecule has 0 saturated carbocycles. The lowest BCUT2D eigenvalue weighted by Gasteiger charge is -2.17. The molecular weight excluding hydrogens is 146 g/mol. The molecule has 0 radical (unpaired) electrons. The largest absolute Gasteiger partial charge is 0.401 e. The van der Waals surface area contributed by atoms with Gasteiger partial charge < -0.3 is 5.73 Å². The normalized spacial score (nSPS) is 26.7. The zero-order valence-electron chi connectivity index (χ0n) is 6.32. The Morgan fingerprint density at radius 1 is 1.60 bits per heavy atom. The topological polar surface area (TPSA) is 26.0 Å². The van der Waals surface area contributed by atoms with Crippen LogP contribution < -0.4 is 5.73 Å². The molecule has 2 heteroatoms. The van der Waals surface area contributed by atoms with Crippen molar-refractivity contribution in [2.75, 3.05) is 0 Å². The fraction of sp³-hybridized carbons (Fsp3) is 0.500. The van der Waals surface area contributed by atoms with Crippen LogP contribution in [0.3, 0.4) is 0 Å². The summed E-state index contributed by atoms with van der Waals surface area (Å²) in [5.41, 5.74) is 8.94. The molecule has 1 aliphatic carbocycles. The molecule has 56 valence electrons. The molecule has 1 rings (SSSR count). The highest BCUT2D eigenvalue weighted by molar-refractivity contribution is 6.22. The molecule has 10 heavy (non-hydrogen) atoms. The molecule has 0 saturated heterocycles. The van der Waals surface area contributed by atoms with Crippen molar-refractivity contribution < 1.29 is 0 Å². The van der Waals surface area contributed by atoms with Gasteiger partial charge in [-0.3, -0.25) is 0 Å². The Morgan fingerprint density at radius 2 is 2.20 bits per heavy atom. The van der Waals surface area contributed by atoms with E-state index in [1.807, 2.05) is 6.92 Å². The van der Waals surface area contributed by atoms with Crippen LogP contribution in [0, 0.1) is 0 Å². The van der Waals surface area contributed by atoms with Crippen molar-refractivity contribution in [2.24, 2.45) is 5.73 Å². The first kappa shape index (κ1) is 7.67. The summed E-state index contributed by atoms with van der Waals surface area (Å²) in [6, 6.07) is 0. The number of nitrogens with two attached hydrogens (primary N) is 1. The molecule has 1 aliphatic rings. The van der Waals surface area contributed by atoms with Crippen LogP contribution in [0.1, 0.15) is 20.3 Å². The van der Waals surface area contributed by atoms with Gasteiger partial charge in [0, 0.05) is 5.70 Å². The molecule has 1 nitrogen and oxygen atoms in total. The number of alkyl halides is 1. The monoisotopic (exact) mass is 157 g/mol. The zero-order valence-corrected chi connectivity index (χ0v) is 7.07. The Balaban J connectivity index is 2.92. The summed E-state index contributed by atoms with van der Waals surface area (Å²) in [7, 11) is 0. The Hall–Kier alpha value is -0.430. The van der Waals surface area contributed by atoms with E-state index in [0.717, 1.165) is 17.7 Å². The molecule has 1 unspecified atom stereocenters. The third-order valence-electron chi connectivity index (χ3n) is 1.76. The van der Waals surface area contributed by atoms with Gasteiger partial charge in [0.25, 0.3) is 0 Å². The van der Waals surface area contributed by atoms with Gasteiger partial charge in [-0.15, -0.1) is 11.6 Å². The first-order chi connectivity index (χ1) is 4.61. The van der Waals surface area contributed by atoms with E-state index in [1.165, 1.54) is 5.57 Å². The molecule has 0 aliphatic heterocycles. The average molecular weight is 158 g/mol. The summed E-state index contributed by atoms with van der Waals surface area (Å²) in [6.07, 6.45) is 2.99. The highest BCUT2D eigenvalue weighted by atomic mass is 35.5. The van der Waals surface area contributed by atoms with E-state index in [-0.39, 0.29) is 5.38 Å². The van der Waals surface area contributed by atoms with Crippen LogP contribution in [0.4, 0.5) is 0 Å². The second-order valence-corrected chi connectivity index (χ2v) is 3.33. The fourth-order valence-corrected chi connectivity index (χ4v) is 1.57. The molecule has 0 aromatic heterocycles. The van der Waals surface area contributed by atoms with E-state index in [0.29, 0.717) is 0 Å². The molecule has 1 atom stereocenters. The molecule has 0 heterocycles. The maximum absolute atomic E-state index is 5.93. The summed E-state index contributed by atoms with van der Waals surface area (Å²) >= 11 is 5.93. The summed E-state index contributed by atoms with van der Waals surface area (Å²) in [4.78, 5) is 0. The fourth-order valence-electron chi connectivity index (χ4n) is 1.15. The Morgan fingerprint density at radius 3 is 2.70 bits per heavy atom. The predicted molar refractivity (Wildman–Crippen MR) is 44.9 cm³/mol. The van der Waals surface area contributed by atoms with E-state index < -0.39 is 0 Å². The van der Waals surface area contributed by atoms with Gasteiger partial charge in [0.1, 0.15) is 0 Å². The standard InChI is InChI=1S/C8H12ClN/c1-5-3-6(2)8(10)7(9)4-5/h3,7H,4,10H2,1-2H3. The second kappa shape index (κ2) is 2.67. The smallest absolute Gasteiger partial charge is 0.0769 e. The first-order valence-electron chi connectivity index (χ1n) is 3.38. The third-order valence-corrected chi connectivity index (χ3v) is 2.15. The average Bonchev–Trinajstić information content (AvgIpc) is 1.82. The third kappa shape index (κ3) is 1.35. The van der Waals surface area contributed by atoms with Gasteiger partial charge in [-0.25, -0.2) is 0 Å². The van der Waals surface area contributed by atoms with Crippen molar-refractivity contribution in [1.82, 2.24) is 0 Å². The summed E-state index contributed by atoms with van der Waals surface area (Å²) in [5, 5.41) is 0.0185. The summed E-state index contributed by atoms with van der Waals surface area (Å²) < 4.78 is 0. The van der Waals surface area contributed by atoms with Crippen molar-refractivity contribution in [3.05, 3.63) is 22.9 Å². The van der Waals surface area contributed by atoms with Crippen LogP contribution in [0.15, 0.2) is 22.9 Å². The van der Waals surface area contributed by atoms with Crippen LogP contribution in [-0.4, -0.2) is 5.38 Å². The maximum Gasteiger partial charge on any atom is 0.0769 e. The van der Waals surface area contributed by atoms with Gasteiger partial charge in [-0.05, 0) is 25.8 Å². The molecule has 2 N–H and O–H groups in total. The van der Waals surface area contributed by atoms with Gasteiger partial charge in [0.2, 0.25) is 0 Å². The molecule has 0 aromatic carbocycles. The minimum absolute atomic E-state index is 0.0185. The maximum atomic E-state index is 5.93. The highest BCUT2D eigenvalue weighted by Crippen LogP contribution is 2.24. The lowest BCUT2D eigenvalue weighted by Crippen LogP contribution is -2.17. The van der Waals surface area contributed by atoms with Gasteiger partial charge in [-0.1, -0.05) is 11.6 Å². The summed E-state index contributed by atoms with van der Waals surface area (Å²) in [6.45, 7) is 4.07. The molecule has 0 amide bonds. The van der Waals surface area contributed by atoms with E-state index in [1.54, 1.807) is 0 Å². The van der Waals surface area contributed by atoms with Gasteiger partial charge in [-0.2, -0.15) is 0 Å². The zero-order chi connectivity index (χ0) is 7.72. The van der Waals surface area contributed by atoms with Crippen LogP contribution in [-0.2, 0) is 0 Å². The SMILES string of the molecule is CC1=CC(C)=C(N)C(Cl)C1. The molecule has 0 spiro atoms. The van der Waals surface area contributed by atoms with Crippen LogP contribution in [0.5, 0.6) is 0 Å². The second-order valence-electron chi connectivity index (χ2n) is 2.80. The lowest BCUT2D eigenvalue weighted by molar-refractivity contribution is 0.881. The minimum Gasteiger partial charge on any atom is -0.401 e. The Bertz CT molecular complexity index is 203. The van der Waals surface area contributed by atoms with E-state index in [9.17, 15) is 0 Å². The molecule has 0 bridgehead atoms. The minimum atomic E-state index is 0.0185. The molecular formula is C8H12ClN. The highest BCUT2D eigenvalue weighted by Gasteiger charge is 2.14. The van der Waals surface area contributed by atoms with E-state index in [2.05, 4.69) is 13.0 Å². The van der Waals surface area contributed by atoms with Gasteiger partial charge in [0.15, 0.2) is 0 Å². The number of rotatable bonds is 0. The Kier molecular flexibility index (Phi) is 2.05. The molecule has 0 fully saturated rings. The van der Waals surface area contributed by atoms with Gasteiger partial charge >= 0.3 is 0 Å². The predicted octanol–water partition coefficient (Wildman–Crippen LogP) is 2.18. The summed E-state index contributed by atoms with van der Waals surface area (Å²) in [5.74, 6) is 0. The molecule has 0 aromatic rings. The van der Waals surface area contributed by atoms with E-state index >= 15 is 0 Å². The number of halogens is 1. The quantitative estimate of drug-likeness (QED) is 0.536. The van der Waals surface area contributed by atoms with Crippen molar-refractivity contribution in [3.8, 4) is 0 Å². The van der Waals surface area contributed by atoms with Crippen LogP contribution >= 0.6 is 11.6 Å². The van der Waals surface area contributed by atoms with Gasteiger partial charge in [0.05, 0.1) is 5.38 Å². The van der Waals surface area contributed by atoms with Crippen molar-refractivity contribution in [3.63, 3.8) is 0 Å². The Labute approximate surface area is 66.6 Å². The van der Waals surface area contributed by atoms with Crippen LogP contribution in [0.25, 0.3) is 0 Å². The lowest BCUT2D eigenvalue weighted by atomic mass is 9.99.